The van der Waals surface area contributed by atoms with Crippen LogP contribution in [0.1, 0.15) is 18.1 Å². The Morgan fingerprint density at radius 3 is 2.65 bits per heavy atom. The average Bonchev–Trinajstić information content (AvgIpc) is 2.56. The Balaban J connectivity index is 2.53. The van der Waals surface area contributed by atoms with Gasteiger partial charge in [-0.05, 0) is 42.2 Å². The number of carbonyl (C=O) groups excluding carboxylic acids is 1. The quantitative estimate of drug-likeness (QED) is 0.412. The third-order valence-corrected chi connectivity index (χ3v) is 3.93. The van der Waals surface area contributed by atoms with Gasteiger partial charge in [-0.1, -0.05) is 37.3 Å². The molecule has 0 amide bonds. The van der Waals surface area contributed by atoms with Crippen molar-refractivity contribution in [1.82, 2.24) is 0 Å². The molecule has 0 radical (unpaired) electrons. The first-order valence-corrected chi connectivity index (χ1v) is 7.39. The summed E-state index contributed by atoms with van der Waals surface area (Å²) < 4.78 is 5.32. The van der Waals surface area contributed by atoms with Gasteiger partial charge in [0.25, 0.3) is 0 Å². The van der Waals surface area contributed by atoms with Crippen molar-refractivity contribution in [3.05, 3.63) is 64.0 Å². The highest BCUT2D eigenvalue weighted by Gasteiger charge is 2.17. The van der Waals surface area contributed by atoms with E-state index >= 15 is 0 Å². The maximum absolute atomic E-state index is 12.2. The maximum Gasteiger partial charge on any atom is 0.363 e. The fraction of sp³-hybridized carbons (Fsp3) is 0.158. The first-order chi connectivity index (χ1) is 11.2. The highest BCUT2D eigenvalue weighted by atomic mass is 16.4. The van der Waals surface area contributed by atoms with Crippen molar-refractivity contribution >= 4 is 22.7 Å². The third-order valence-electron chi connectivity index (χ3n) is 3.93. The molecular weight excluding hydrogens is 290 g/mol. The maximum atomic E-state index is 12.2. The van der Waals surface area contributed by atoms with E-state index < -0.39 is 5.63 Å². The number of aryl methyl sites for hydroxylation is 2. The molecule has 0 aliphatic rings. The van der Waals surface area contributed by atoms with Gasteiger partial charge in [0, 0.05) is 10.9 Å². The van der Waals surface area contributed by atoms with Crippen LogP contribution >= 0.6 is 0 Å². The summed E-state index contributed by atoms with van der Waals surface area (Å²) in [7, 11) is 0. The number of rotatable bonds is 3. The van der Waals surface area contributed by atoms with Gasteiger partial charge in [-0.25, -0.2) is 9.59 Å². The van der Waals surface area contributed by atoms with E-state index in [2.05, 4.69) is 11.9 Å². The normalized spacial score (nSPS) is 10.5. The molecule has 3 rings (SSSR count). The molecule has 1 aromatic heterocycles. The topological polar surface area (TPSA) is 59.6 Å². The van der Waals surface area contributed by atoms with Crippen molar-refractivity contribution in [1.29, 1.82) is 0 Å². The van der Waals surface area contributed by atoms with E-state index in [1.54, 1.807) is 6.07 Å². The molecule has 4 heteroatoms. The van der Waals surface area contributed by atoms with Gasteiger partial charge in [0.1, 0.15) is 5.58 Å². The Labute approximate surface area is 133 Å². The molecule has 0 aliphatic carbocycles. The minimum Gasteiger partial charge on any atom is -0.421 e. The molecule has 0 saturated carbocycles. The SMILES string of the molecule is CCc1ccc2oc(=O)c(N=C=O)c(-c3ccccc3C)c2c1. The van der Waals surface area contributed by atoms with Crippen molar-refractivity contribution in [2.75, 3.05) is 0 Å². The second-order valence-corrected chi connectivity index (χ2v) is 5.32. The van der Waals surface area contributed by atoms with Crippen molar-refractivity contribution in [2.24, 2.45) is 4.99 Å². The molecule has 23 heavy (non-hydrogen) atoms. The lowest BCUT2D eigenvalue weighted by molar-refractivity contribution is 0.557. The van der Waals surface area contributed by atoms with E-state index in [0.717, 1.165) is 28.5 Å². The van der Waals surface area contributed by atoms with Gasteiger partial charge in [-0.15, -0.1) is 0 Å². The molecule has 3 aromatic rings. The Morgan fingerprint density at radius 2 is 1.96 bits per heavy atom. The molecule has 0 bridgehead atoms. The van der Waals surface area contributed by atoms with Crippen LogP contribution in [0.4, 0.5) is 5.69 Å². The molecule has 1 heterocycles. The standard InChI is InChI=1S/C19H15NO3/c1-3-13-8-9-16-15(10-13)17(14-7-5-4-6-12(14)2)18(20-11-21)19(22)23-16/h4-10H,3H2,1-2H3. The summed E-state index contributed by atoms with van der Waals surface area (Å²) in [6.45, 7) is 4.01. The third kappa shape index (κ3) is 2.60. The van der Waals surface area contributed by atoms with Gasteiger partial charge < -0.3 is 4.42 Å². The van der Waals surface area contributed by atoms with E-state index in [1.165, 1.54) is 6.08 Å². The van der Waals surface area contributed by atoms with Gasteiger partial charge in [-0.2, -0.15) is 4.99 Å². The molecule has 0 aliphatic heterocycles. The van der Waals surface area contributed by atoms with Crippen LogP contribution in [0.15, 0.2) is 56.7 Å². The van der Waals surface area contributed by atoms with Crippen molar-refractivity contribution in [3.63, 3.8) is 0 Å². The number of aliphatic imine (C=N–C) groups is 1. The number of hydrogen-bond acceptors (Lipinski definition) is 4. The summed E-state index contributed by atoms with van der Waals surface area (Å²) in [6.07, 6.45) is 2.32. The summed E-state index contributed by atoms with van der Waals surface area (Å²) in [5.74, 6) is 0. The molecular formula is C19H15NO3. The summed E-state index contributed by atoms with van der Waals surface area (Å²) in [5.41, 5.74) is 3.42. The van der Waals surface area contributed by atoms with Crippen LogP contribution in [0, 0.1) is 6.92 Å². The zero-order valence-electron chi connectivity index (χ0n) is 12.9. The predicted molar refractivity (Wildman–Crippen MR) is 89.8 cm³/mol. The highest BCUT2D eigenvalue weighted by Crippen LogP contribution is 2.36. The van der Waals surface area contributed by atoms with Gasteiger partial charge in [0.15, 0.2) is 5.69 Å². The van der Waals surface area contributed by atoms with Crippen LogP contribution in [0.5, 0.6) is 0 Å². The zero-order chi connectivity index (χ0) is 16.4. The number of fused-ring (bicyclic) bond motifs is 1. The van der Waals surface area contributed by atoms with E-state index in [-0.39, 0.29) is 5.69 Å². The lowest BCUT2D eigenvalue weighted by atomic mass is 9.95. The second kappa shape index (κ2) is 6.03. The van der Waals surface area contributed by atoms with Gasteiger partial charge >= 0.3 is 5.63 Å². The minimum atomic E-state index is -0.636. The Bertz CT molecular complexity index is 995. The summed E-state index contributed by atoms with van der Waals surface area (Å²) in [4.78, 5) is 26.6. The van der Waals surface area contributed by atoms with Crippen molar-refractivity contribution in [3.8, 4) is 11.1 Å². The van der Waals surface area contributed by atoms with Gasteiger partial charge in [0.05, 0.1) is 0 Å². The molecule has 4 nitrogen and oxygen atoms in total. The van der Waals surface area contributed by atoms with Crippen LogP contribution < -0.4 is 5.63 Å². The van der Waals surface area contributed by atoms with E-state index in [1.807, 2.05) is 43.3 Å². The largest absolute Gasteiger partial charge is 0.421 e. The lowest BCUT2D eigenvalue weighted by Gasteiger charge is -2.11. The number of nitrogens with zero attached hydrogens (tertiary/aromatic N) is 1. The number of hydrogen-bond donors (Lipinski definition) is 0. The van der Waals surface area contributed by atoms with Gasteiger partial charge in [-0.3, -0.25) is 0 Å². The lowest BCUT2D eigenvalue weighted by Crippen LogP contribution is -2.02. The fourth-order valence-corrected chi connectivity index (χ4v) is 2.73. The Hall–Kier alpha value is -2.97. The molecule has 0 atom stereocenters. The molecule has 0 fully saturated rings. The predicted octanol–water partition coefficient (Wildman–Crippen LogP) is 4.30. The van der Waals surface area contributed by atoms with E-state index in [0.29, 0.717) is 11.1 Å². The first-order valence-electron chi connectivity index (χ1n) is 7.39. The van der Waals surface area contributed by atoms with Crippen LogP contribution in [0.25, 0.3) is 22.1 Å². The first kappa shape index (κ1) is 14.9. The smallest absolute Gasteiger partial charge is 0.363 e. The summed E-state index contributed by atoms with van der Waals surface area (Å²) in [6, 6.07) is 13.4. The molecule has 0 unspecified atom stereocenters. The summed E-state index contributed by atoms with van der Waals surface area (Å²) >= 11 is 0. The van der Waals surface area contributed by atoms with Crippen molar-refractivity contribution in [2.45, 2.75) is 20.3 Å². The van der Waals surface area contributed by atoms with E-state index in [9.17, 15) is 9.59 Å². The fourth-order valence-electron chi connectivity index (χ4n) is 2.73. The molecule has 0 saturated heterocycles. The Kier molecular flexibility index (Phi) is 3.92. The molecule has 2 aromatic carbocycles. The Morgan fingerprint density at radius 1 is 1.17 bits per heavy atom. The van der Waals surface area contributed by atoms with Crippen LogP contribution in [0.2, 0.25) is 0 Å². The highest BCUT2D eigenvalue weighted by molar-refractivity contribution is 6.00. The molecule has 0 N–H and O–H groups in total. The number of isocyanates is 1. The summed E-state index contributed by atoms with van der Waals surface area (Å²) in [5, 5.41) is 0.771. The van der Waals surface area contributed by atoms with Crippen LogP contribution in [0.3, 0.4) is 0 Å². The van der Waals surface area contributed by atoms with E-state index in [4.69, 9.17) is 4.42 Å². The molecule has 114 valence electrons. The molecule has 0 spiro atoms. The zero-order valence-corrected chi connectivity index (χ0v) is 12.9. The average molecular weight is 305 g/mol. The monoisotopic (exact) mass is 305 g/mol. The van der Waals surface area contributed by atoms with Crippen LogP contribution in [-0.2, 0) is 11.2 Å². The minimum absolute atomic E-state index is 0.00458. The van der Waals surface area contributed by atoms with Gasteiger partial charge in [0.2, 0.25) is 6.08 Å². The van der Waals surface area contributed by atoms with Crippen LogP contribution in [-0.4, -0.2) is 6.08 Å². The van der Waals surface area contributed by atoms with Crippen molar-refractivity contribution < 1.29 is 9.21 Å². The second-order valence-electron chi connectivity index (χ2n) is 5.32. The number of benzene rings is 2.